The Morgan fingerprint density at radius 1 is 1.33 bits per heavy atom. The largest absolute Gasteiger partial charge is 0.396 e. The Kier molecular flexibility index (Phi) is 7.28. The summed E-state index contributed by atoms with van der Waals surface area (Å²) in [5.41, 5.74) is 3.50. The maximum Gasteiger partial charge on any atom is 0.226 e. The predicted octanol–water partition coefficient (Wildman–Crippen LogP) is 3.75. The van der Waals surface area contributed by atoms with Crippen LogP contribution in [0.1, 0.15) is 36.0 Å². The topological polar surface area (TPSA) is 62.2 Å². The van der Waals surface area contributed by atoms with Gasteiger partial charge in [0.1, 0.15) is 5.82 Å². The molecular formula is C19H24N2O2S. The van der Waals surface area contributed by atoms with E-state index in [1.165, 1.54) is 11.1 Å². The number of benzene rings is 1. The van der Waals surface area contributed by atoms with Gasteiger partial charge in [-0.1, -0.05) is 31.2 Å². The number of aromatic nitrogens is 1. The first-order valence-electron chi connectivity index (χ1n) is 8.09. The zero-order chi connectivity index (χ0) is 17.4. The van der Waals surface area contributed by atoms with Crippen LogP contribution in [-0.4, -0.2) is 28.4 Å². The van der Waals surface area contributed by atoms with Crippen molar-refractivity contribution < 1.29 is 9.90 Å². The van der Waals surface area contributed by atoms with Gasteiger partial charge in [-0.05, 0) is 41.7 Å². The van der Waals surface area contributed by atoms with Crippen molar-refractivity contribution in [3.8, 4) is 0 Å². The third-order valence-corrected chi connectivity index (χ3v) is 4.82. The molecule has 0 saturated heterocycles. The third kappa shape index (κ3) is 5.65. The Bertz CT molecular complexity index is 676. The quantitative estimate of drug-likeness (QED) is 0.716. The van der Waals surface area contributed by atoms with Gasteiger partial charge in [-0.2, -0.15) is 11.8 Å². The summed E-state index contributed by atoms with van der Waals surface area (Å²) in [5.74, 6) is 2.22. The number of rotatable bonds is 8. The van der Waals surface area contributed by atoms with Gasteiger partial charge in [0.2, 0.25) is 5.91 Å². The van der Waals surface area contributed by atoms with Crippen LogP contribution in [0.2, 0.25) is 0 Å². The van der Waals surface area contributed by atoms with Crippen molar-refractivity contribution in [1.29, 1.82) is 0 Å². The fraction of sp³-hybridized carbons (Fsp3) is 0.368. The van der Waals surface area contributed by atoms with Crippen LogP contribution in [0, 0.1) is 6.92 Å². The van der Waals surface area contributed by atoms with Crippen molar-refractivity contribution in [3.05, 3.63) is 59.3 Å². The summed E-state index contributed by atoms with van der Waals surface area (Å²) in [4.78, 5) is 16.5. The molecule has 1 unspecified atom stereocenters. The van der Waals surface area contributed by atoms with Crippen LogP contribution in [0.3, 0.4) is 0 Å². The number of anilines is 1. The molecule has 5 heteroatoms. The molecule has 0 bridgehead atoms. The predicted molar refractivity (Wildman–Crippen MR) is 100 cm³/mol. The highest BCUT2D eigenvalue weighted by molar-refractivity contribution is 7.98. The van der Waals surface area contributed by atoms with Crippen LogP contribution in [0.15, 0.2) is 42.6 Å². The average molecular weight is 344 g/mol. The van der Waals surface area contributed by atoms with Gasteiger partial charge in [-0.15, -0.1) is 0 Å². The Balaban J connectivity index is 1.92. The number of carbonyl (C=O) groups excluding carboxylic acids is 1. The summed E-state index contributed by atoms with van der Waals surface area (Å²) in [6, 6.07) is 12.0. The van der Waals surface area contributed by atoms with Crippen LogP contribution >= 0.6 is 11.8 Å². The van der Waals surface area contributed by atoms with Crippen molar-refractivity contribution in [2.24, 2.45) is 0 Å². The third-order valence-electron chi connectivity index (χ3n) is 3.81. The molecule has 1 atom stereocenters. The number of amides is 1. The lowest BCUT2D eigenvalue weighted by Gasteiger charge is -2.14. The van der Waals surface area contributed by atoms with E-state index in [-0.39, 0.29) is 18.4 Å². The van der Waals surface area contributed by atoms with Gasteiger partial charge in [0.25, 0.3) is 0 Å². The molecule has 0 aliphatic carbocycles. The van der Waals surface area contributed by atoms with Gasteiger partial charge in [0, 0.05) is 24.1 Å². The van der Waals surface area contributed by atoms with Crippen LogP contribution in [-0.2, 0) is 10.5 Å². The van der Waals surface area contributed by atoms with Crippen LogP contribution in [0.25, 0.3) is 0 Å². The maximum atomic E-state index is 12.3. The van der Waals surface area contributed by atoms with E-state index < -0.39 is 0 Å². The van der Waals surface area contributed by atoms with E-state index >= 15 is 0 Å². The van der Waals surface area contributed by atoms with E-state index in [1.54, 1.807) is 18.0 Å². The van der Waals surface area contributed by atoms with Crippen molar-refractivity contribution >= 4 is 23.5 Å². The highest BCUT2D eigenvalue weighted by atomic mass is 32.2. The lowest BCUT2D eigenvalue weighted by Crippen LogP contribution is -2.15. The van der Waals surface area contributed by atoms with Crippen molar-refractivity contribution in [2.45, 2.75) is 31.9 Å². The van der Waals surface area contributed by atoms with Gasteiger partial charge in [0.15, 0.2) is 0 Å². The minimum atomic E-state index is -0.0292. The molecular weight excluding hydrogens is 320 g/mol. The number of carbonyl (C=O) groups is 1. The fourth-order valence-electron chi connectivity index (χ4n) is 2.61. The van der Waals surface area contributed by atoms with E-state index in [1.807, 2.05) is 24.3 Å². The second kappa shape index (κ2) is 9.45. The molecule has 0 radical (unpaired) electrons. The number of nitrogens with zero attached hydrogens (tertiary/aromatic N) is 1. The van der Waals surface area contributed by atoms with E-state index in [4.69, 9.17) is 5.11 Å². The summed E-state index contributed by atoms with van der Waals surface area (Å²) >= 11 is 1.65. The van der Waals surface area contributed by atoms with E-state index in [2.05, 4.69) is 36.3 Å². The number of thioether (sulfide) groups is 1. The first kappa shape index (κ1) is 18.5. The molecule has 4 nitrogen and oxygen atoms in total. The second-order valence-corrected chi connectivity index (χ2v) is 6.94. The first-order valence-corrected chi connectivity index (χ1v) is 9.24. The van der Waals surface area contributed by atoms with Gasteiger partial charge in [-0.25, -0.2) is 4.98 Å². The zero-order valence-corrected chi connectivity index (χ0v) is 15.0. The standard InChI is InChI=1S/C19H24N2O2S/c1-14-5-3-4-6-17(14)15(2)11-19(23)21-18-12-16(7-8-20-18)13-24-10-9-22/h3-8,12,15,22H,9-11,13H2,1-2H3,(H,20,21,23). The number of pyridine rings is 1. The molecule has 2 N–H and O–H groups in total. The van der Waals surface area contributed by atoms with Crippen LogP contribution in [0.4, 0.5) is 5.82 Å². The molecule has 128 valence electrons. The van der Waals surface area contributed by atoms with Crippen LogP contribution < -0.4 is 5.32 Å². The van der Waals surface area contributed by atoms with Crippen molar-refractivity contribution in [3.63, 3.8) is 0 Å². The number of hydrogen-bond donors (Lipinski definition) is 2. The van der Waals surface area contributed by atoms with Gasteiger partial charge < -0.3 is 10.4 Å². The number of aryl methyl sites for hydroxylation is 1. The normalized spacial score (nSPS) is 12.0. The number of hydrogen-bond acceptors (Lipinski definition) is 4. The maximum absolute atomic E-state index is 12.3. The molecule has 1 aromatic carbocycles. The summed E-state index contributed by atoms with van der Waals surface area (Å²) in [6.45, 7) is 4.31. The highest BCUT2D eigenvalue weighted by Crippen LogP contribution is 2.23. The molecule has 2 aromatic rings. The molecule has 0 aliphatic heterocycles. The van der Waals surface area contributed by atoms with Crippen molar-refractivity contribution in [1.82, 2.24) is 4.98 Å². The fourth-order valence-corrected chi connectivity index (χ4v) is 3.30. The molecule has 2 rings (SSSR count). The molecule has 0 saturated carbocycles. The molecule has 1 heterocycles. The summed E-state index contributed by atoms with van der Waals surface area (Å²) in [7, 11) is 0. The molecule has 24 heavy (non-hydrogen) atoms. The Morgan fingerprint density at radius 3 is 2.88 bits per heavy atom. The lowest BCUT2D eigenvalue weighted by molar-refractivity contribution is -0.116. The lowest BCUT2D eigenvalue weighted by atomic mass is 9.93. The molecule has 0 fully saturated rings. The average Bonchev–Trinajstić information content (AvgIpc) is 2.55. The summed E-state index contributed by atoms with van der Waals surface area (Å²) < 4.78 is 0. The monoisotopic (exact) mass is 344 g/mol. The molecule has 0 spiro atoms. The van der Waals surface area contributed by atoms with Crippen molar-refractivity contribution in [2.75, 3.05) is 17.7 Å². The first-order chi connectivity index (χ1) is 11.6. The molecule has 1 aromatic heterocycles. The highest BCUT2D eigenvalue weighted by Gasteiger charge is 2.13. The van der Waals surface area contributed by atoms with E-state index in [9.17, 15) is 4.79 Å². The van der Waals surface area contributed by atoms with Gasteiger partial charge in [-0.3, -0.25) is 4.79 Å². The zero-order valence-electron chi connectivity index (χ0n) is 14.2. The molecule has 1 amide bonds. The smallest absolute Gasteiger partial charge is 0.226 e. The van der Waals surface area contributed by atoms with E-state index in [0.29, 0.717) is 18.0 Å². The Morgan fingerprint density at radius 2 is 2.12 bits per heavy atom. The van der Waals surface area contributed by atoms with Gasteiger partial charge in [0.05, 0.1) is 6.61 Å². The van der Waals surface area contributed by atoms with Crippen LogP contribution in [0.5, 0.6) is 0 Å². The Labute approximate surface area is 147 Å². The summed E-state index contributed by atoms with van der Waals surface area (Å²) in [6.07, 6.45) is 2.13. The minimum Gasteiger partial charge on any atom is -0.396 e. The number of nitrogens with one attached hydrogen (secondary N) is 1. The molecule has 0 aliphatic rings. The Hall–Kier alpha value is -1.85. The SMILES string of the molecule is Cc1ccccc1C(C)CC(=O)Nc1cc(CSCCO)ccn1. The minimum absolute atomic E-state index is 0.0292. The number of aliphatic hydroxyl groups excluding tert-OH is 1. The van der Waals surface area contributed by atoms with Gasteiger partial charge >= 0.3 is 0 Å². The summed E-state index contributed by atoms with van der Waals surface area (Å²) in [5, 5.41) is 11.7. The number of aliphatic hydroxyl groups is 1. The van der Waals surface area contributed by atoms with E-state index in [0.717, 1.165) is 11.3 Å². The second-order valence-electron chi connectivity index (χ2n) is 5.84.